The summed E-state index contributed by atoms with van der Waals surface area (Å²) in [5.74, 6) is -0.593. The topological polar surface area (TPSA) is 126 Å². The van der Waals surface area contributed by atoms with Crippen LogP contribution in [-0.4, -0.2) is 22.9 Å². The third-order valence-electron chi connectivity index (χ3n) is 3.12. The number of carbonyl (C=O) groups excluding carboxylic acids is 1. The lowest BCUT2D eigenvalue weighted by Gasteiger charge is -2.04. The summed E-state index contributed by atoms with van der Waals surface area (Å²) in [4.78, 5) is 11.9. The first-order valence-corrected chi connectivity index (χ1v) is 6.80. The number of benzene rings is 2. The fourth-order valence-corrected chi connectivity index (χ4v) is 1.88. The van der Waals surface area contributed by atoms with E-state index in [1.54, 1.807) is 42.5 Å². The van der Waals surface area contributed by atoms with Crippen molar-refractivity contribution in [3.63, 3.8) is 0 Å². The SMILES string of the molecule is N=Cc1cc(/C([OH2+])=C/C(=N)C(=O)Nc2ccccc2)ccc1N. The van der Waals surface area contributed by atoms with Crippen LogP contribution >= 0.6 is 0 Å². The van der Waals surface area contributed by atoms with Crippen LogP contribution in [0.4, 0.5) is 11.4 Å². The number of para-hydroxylation sites is 1. The Balaban J connectivity index is 2.15. The summed E-state index contributed by atoms with van der Waals surface area (Å²) >= 11 is 0. The Morgan fingerprint density at radius 2 is 1.87 bits per heavy atom. The molecule has 0 aliphatic rings. The second-order valence-corrected chi connectivity index (χ2v) is 4.78. The number of hydrogen-bond acceptors (Lipinski definition) is 4. The average Bonchev–Trinajstić information content (AvgIpc) is 2.56. The molecule has 6 heteroatoms. The van der Waals surface area contributed by atoms with Crippen molar-refractivity contribution in [3.05, 3.63) is 65.7 Å². The van der Waals surface area contributed by atoms with Crippen molar-refractivity contribution < 1.29 is 9.90 Å². The molecule has 0 aromatic heterocycles. The predicted molar refractivity (Wildman–Crippen MR) is 93.1 cm³/mol. The van der Waals surface area contributed by atoms with E-state index in [1.807, 2.05) is 6.07 Å². The third-order valence-corrected chi connectivity index (χ3v) is 3.12. The van der Waals surface area contributed by atoms with E-state index in [-0.39, 0.29) is 11.5 Å². The van der Waals surface area contributed by atoms with Crippen molar-refractivity contribution in [2.45, 2.75) is 0 Å². The van der Waals surface area contributed by atoms with Gasteiger partial charge in [-0.05, 0) is 30.3 Å². The Morgan fingerprint density at radius 3 is 2.52 bits per heavy atom. The summed E-state index contributed by atoms with van der Waals surface area (Å²) in [6.07, 6.45) is 2.26. The highest BCUT2D eigenvalue weighted by atomic mass is 16.3. The molecule has 0 bridgehead atoms. The molecule has 0 fully saturated rings. The second-order valence-electron chi connectivity index (χ2n) is 4.78. The van der Waals surface area contributed by atoms with E-state index >= 15 is 0 Å². The van der Waals surface area contributed by atoms with Crippen LogP contribution in [0.1, 0.15) is 11.1 Å². The van der Waals surface area contributed by atoms with Crippen molar-refractivity contribution >= 4 is 35.0 Å². The molecule has 7 N–H and O–H groups in total. The lowest BCUT2D eigenvalue weighted by Crippen LogP contribution is -2.20. The molecule has 6 nitrogen and oxygen atoms in total. The Hall–Kier alpha value is -3.41. The zero-order chi connectivity index (χ0) is 16.8. The minimum atomic E-state index is -0.594. The molecule has 0 aliphatic carbocycles. The van der Waals surface area contributed by atoms with Crippen molar-refractivity contribution in [2.75, 3.05) is 11.1 Å². The molecule has 0 spiro atoms. The highest BCUT2D eigenvalue weighted by Crippen LogP contribution is 2.17. The van der Waals surface area contributed by atoms with Crippen LogP contribution in [0.2, 0.25) is 0 Å². The molecule has 0 aliphatic heterocycles. The van der Waals surface area contributed by atoms with Gasteiger partial charge in [0.05, 0.1) is 11.6 Å². The van der Waals surface area contributed by atoms with Gasteiger partial charge < -0.3 is 21.6 Å². The van der Waals surface area contributed by atoms with E-state index in [1.165, 1.54) is 0 Å². The zero-order valence-corrected chi connectivity index (χ0v) is 12.3. The predicted octanol–water partition coefficient (Wildman–Crippen LogP) is 1.99. The normalized spacial score (nSPS) is 10.9. The van der Waals surface area contributed by atoms with E-state index in [0.717, 1.165) is 12.3 Å². The van der Waals surface area contributed by atoms with Gasteiger partial charge in [0.15, 0.2) is 0 Å². The van der Waals surface area contributed by atoms with Gasteiger partial charge in [0.2, 0.25) is 0 Å². The molecule has 0 radical (unpaired) electrons. The minimum absolute atomic E-state index is 0.00121. The Bertz CT molecular complexity index is 782. The molecule has 2 rings (SSSR count). The van der Waals surface area contributed by atoms with Crippen LogP contribution in [0.5, 0.6) is 0 Å². The summed E-state index contributed by atoms with van der Waals surface area (Å²) in [6, 6.07) is 13.6. The Morgan fingerprint density at radius 1 is 1.17 bits per heavy atom. The van der Waals surface area contributed by atoms with Gasteiger partial charge in [0, 0.05) is 23.2 Å². The smallest absolute Gasteiger partial charge is 0.273 e. The molecule has 23 heavy (non-hydrogen) atoms. The Kier molecular flexibility index (Phi) is 4.89. The molecule has 0 atom stereocenters. The number of carbonyl (C=O) groups is 1. The van der Waals surface area contributed by atoms with Crippen molar-refractivity contribution in [1.82, 2.24) is 0 Å². The van der Waals surface area contributed by atoms with E-state index in [9.17, 15) is 4.79 Å². The first kappa shape index (κ1) is 16.0. The number of nitrogens with two attached hydrogens (primary N) is 1. The first-order valence-electron chi connectivity index (χ1n) is 6.80. The maximum atomic E-state index is 11.9. The lowest BCUT2D eigenvalue weighted by atomic mass is 10.1. The van der Waals surface area contributed by atoms with Crippen LogP contribution in [-0.2, 0) is 4.79 Å². The molecule has 0 saturated heterocycles. The summed E-state index contributed by atoms with van der Waals surface area (Å²) in [6.45, 7) is 0. The Labute approximate surface area is 133 Å². The quantitative estimate of drug-likeness (QED) is 0.292. The standard InChI is InChI=1S/C17H16N4O2/c18-10-12-8-11(6-7-14(12)19)16(22)9-15(20)17(23)21-13-4-2-1-3-5-13/h1-10,18,20,22H,19H2,(H,21,23)/p+1/b16-9-,18-10?,20-15?. The molecule has 2 aromatic carbocycles. The largest absolute Gasteiger partial charge is 0.593 e. The molecule has 0 heterocycles. The van der Waals surface area contributed by atoms with Gasteiger partial charge >= 0.3 is 0 Å². The van der Waals surface area contributed by atoms with E-state index in [4.69, 9.17) is 21.7 Å². The van der Waals surface area contributed by atoms with E-state index in [0.29, 0.717) is 22.5 Å². The van der Waals surface area contributed by atoms with Gasteiger partial charge in [0.1, 0.15) is 5.71 Å². The monoisotopic (exact) mass is 309 g/mol. The highest BCUT2D eigenvalue weighted by molar-refractivity contribution is 6.46. The second kappa shape index (κ2) is 7.04. The van der Waals surface area contributed by atoms with Gasteiger partial charge in [0.25, 0.3) is 11.7 Å². The summed E-state index contributed by atoms with van der Waals surface area (Å²) < 4.78 is 0. The van der Waals surface area contributed by atoms with Crippen LogP contribution in [0.25, 0.3) is 5.76 Å². The molecular formula is C17H17N4O2+. The summed E-state index contributed by atoms with van der Waals surface area (Å²) in [5, 5.41) is 25.6. The van der Waals surface area contributed by atoms with Crippen LogP contribution < -0.4 is 11.1 Å². The number of amides is 1. The van der Waals surface area contributed by atoms with Gasteiger partial charge in [-0.2, -0.15) is 0 Å². The average molecular weight is 309 g/mol. The highest BCUT2D eigenvalue weighted by Gasteiger charge is 2.13. The fourth-order valence-electron chi connectivity index (χ4n) is 1.88. The van der Waals surface area contributed by atoms with Crippen molar-refractivity contribution in [2.24, 2.45) is 0 Å². The van der Waals surface area contributed by atoms with Gasteiger partial charge in [-0.25, -0.2) is 0 Å². The van der Waals surface area contributed by atoms with Gasteiger partial charge in [-0.1, -0.05) is 18.2 Å². The molecular weight excluding hydrogens is 292 g/mol. The van der Waals surface area contributed by atoms with Crippen LogP contribution in [0.15, 0.2) is 54.6 Å². The van der Waals surface area contributed by atoms with Gasteiger partial charge in [-0.3, -0.25) is 10.2 Å². The van der Waals surface area contributed by atoms with E-state index < -0.39 is 5.91 Å². The number of nitrogen functional groups attached to an aromatic ring is 1. The van der Waals surface area contributed by atoms with Crippen molar-refractivity contribution in [3.8, 4) is 0 Å². The third kappa shape index (κ3) is 4.04. The fraction of sp³-hybridized carbons (Fsp3) is 0. The maximum absolute atomic E-state index is 11.9. The van der Waals surface area contributed by atoms with E-state index in [2.05, 4.69) is 5.32 Å². The zero-order valence-electron chi connectivity index (χ0n) is 12.3. The molecule has 0 saturated carbocycles. The van der Waals surface area contributed by atoms with Crippen molar-refractivity contribution in [1.29, 1.82) is 10.8 Å². The minimum Gasteiger partial charge on any atom is -0.593 e. The molecule has 2 aromatic rings. The summed E-state index contributed by atoms with van der Waals surface area (Å²) in [7, 11) is 0. The first-order chi connectivity index (χ1) is 11.0. The molecule has 116 valence electrons. The molecule has 1 amide bonds. The van der Waals surface area contributed by atoms with Crippen LogP contribution in [0, 0.1) is 10.8 Å². The maximum Gasteiger partial charge on any atom is 0.273 e. The number of rotatable bonds is 5. The van der Waals surface area contributed by atoms with Gasteiger partial charge in [-0.15, -0.1) is 0 Å². The number of hydrogen-bond donors (Lipinski definition) is 4. The lowest BCUT2D eigenvalue weighted by molar-refractivity contribution is -0.110. The number of nitrogens with one attached hydrogen (secondary N) is 3. The van der Waals surface area contributed by atoms with Crippen LogP contribution in [0.3, 0.4) is 0 Å². The number of anilines is 2. The summed E-state index contributed by atoms with van der Waals surface area (Å²) in [5.41, 5.74) is 7.36. The molecule has 0 unspecified atom stereocenters.